The van der Waals surface area contributed by atoms with Gasteiger partial charge < -0.3 is 15.7 Å². The number of nitrogens with zero attached hydrogens (tertiary/aromatic N) is 1. The van der Waals surface area contributed by atoms with E-state index in [1.54, 1.807) is 4.90 Å². The molecule has 0 spiro atoms. The monoisotopic (exact) mass is 332 g/mol. The summed E-state index contributed by atoms with van der Waals surface area (Å²) >= 11 is 2.18. The van der Waals surface area contributed by atoms with Crippen LogP contribution in [0.2, 0.25) is 0 Å². The minimum Gasteiger partial charge on any atom is -0.397 e. The number of carbonyl (C=O) groups is 1. The van der Waals surface area contributed by atoms with Gasteiger partial charge in [0.15, 0.2) is 0 Å². The first kappa shape index (κ1) is 11.7. The Balaban J connectivity index is 2.28. The van der Waals surface area contributed by atoms with Crippen molar-refractivity contribution in [3.8, 4) is 0 Å². The van der Waals surface area contributed by atoms with E-state index in [0.717, 1.165) is 9.26 Å². The van der Waals surface area contributed by atoms with E-state index < -0.39 is 0 Å². The number of nitrogen functional groups attached to an aromatic ring is 1. The third-order valence-corrected chi connectivity index (χ3v) is 3.41. The smallest absolute Gasteiger partial charge is 0.227 e. The van der Waals surface area contributed by atoms with Gasteiger partial charge >= 0.3 is 0 Å². The van der Waals surface area contributed by atoms with Crippen molar-refractivity contribution in [1.29, 1.82) is 0 Å². The largest absolute Gasteiger partial charge is 0.397 e. The second-order valence-corrected chi connectivity index (χ2v) is 5.21. The van der Waals surface area contributed by atoms with Gasteiger partial charge in [0.2, 0.25) is 5.91 Å². The highest BCUT2D eigenvalue weighted by molar-refractivity contribution is 14.1. The molecule has 0 radical (unpaired) electrons. The number of hydrogen-bond donors (Lipinski definition) is 2. The molecule has 1 amide bonds. The van der Waals surface area contributed by atoms with Crippen LogP contribution in [0.4, 0.5) is 11.4 Å². The fraction of sp³-hybridized carbons (Fsp3) is 0.364. The molecule has 86 valence electrons. The topological polar surface area (TPSA) is 66.6 Å². The average Bonchev–Trinajstić information content (AvgIpc) is 2.60. The van der Waals surface area contributed by atoms with Gasteiger partial charge in [-0.1, -0.05) is 0 Å². The highest BCUT2D eigenvalue weighted by Crippen LogP contribution is 2.30. The standard InChI is InChI=1S/C11H13IN2O2/c12-8-1-2-10(9(13)4-8)14-5-7(6-15)3-11(14)16/h1-2,4,7,15H,3,5-6,13H2. The number of benzene rings is 1. The molecule has 0 bridgehead atoms. The maximum Gasteiger partial charge on any atom is 0.227 e. The fourth-order valence-corrected chi connectivity index (χ4v) is 2.42. The Bertz CT molecular complexity index is 422. The van der Waals surface area contributed by atoms with Gasteiger partial charge in [-0.05, 0) is 40.8 Å². The van der Waals surface area contributed by atoms with E-state index in [4.69, 9.17) is 10.8 Å². The van der Waals surface area contributed by atoms with Gasteiger partial charge in [-0.2, -0.15) is 0 Å². The number of hydrogen-bond acceptors (Lipinski definition) is 3. The van der Waals surface area contributed by atoms with Crippen LogP contribution in [0.25, 0.3) is 0 Å². The third-order valence-electron chi connectivity index (χ3n) is 2.74. The number of aliphatic hydroxyl groups excluding tert-OH is 1. The molecule has 4 nitrogen and oxygen atoms in total. The van der Waals surface area contributed by atoms with Crippen LogP contribution in [0.5, 0.6) is 0 Å². The molecule has 1 unspecified atom stereocenters. The highest BCUT2D eigenvalue weighted by atomic mass is 127. The number of amides is 1. The van der Waals surface area contributed by atoms with E-state index in [-0.39, 0.29) is 18.4 Å². The molecule has 0 aromatic heterocycles. The van der Waals surface area contributed by atoms with Gasteiger partial charge in [0.05, 0.1) is 11.4 Å². The number of carbonyl (C=O) groups excluding carboxylic acids is 1. The number of aliphatic hydroxyl groups is 1. The Morgan fingerprint density at radius 1 is 1.56 bits per heavy atom. The molecule has 0 saturated carbocycles. The van der Waals surface area contributed by atoms with Gasteiger partial charge in [0.25, 0.3) is 0 Å². The van der Waals surface area contributed by atoms with Crippen molar-refractivity contribution in [1.82, 2.24) is 0 Å². The van der Waals surface area contributed by atoms with Crippen molar-refractivity contribution in [2.24, 2.45) is 5.92 Å². The predicted octanol–water partition coefficient (Wildman–Crippen LogP) is 1.22. The minimum atomic E-state index is 0.0335. The van der Waals surface area contributed by atoms with E-state index in [1.165, 1.54) is 0 Å². The maximum absolute atomic E-state index is 11.7. The zero-order valence-corrected chi connectivity index (χ0v) is 10.8. The molecule has 1 heterocycles. The number of anilines is 2. The molecular weight excluding hydrogens is 319 g/mol. The Labute approximate surface area is 108 Å². The van der Waals surface area contributed by atoms with Gasteiger partial charge in [0, 0.05) is 29.1 Å². The van der Waals surface area contributed by atoms with E-state index >= 15 is 0 Å². The fourth-order valence-electron chi connectivity index (χ4n) is 1.91. The van der Waals surface area contributed by atoms with E-state index in [1.807, 2.05) is 18.2 Å². The molecular formula is C11H13IN2O2. The summed E-state index contributed by atoms with van der Waals surface area (Å²) in [6.07, 6.45) is 0.405. The van der Waals surface area contributed by atoms with Gasteiger partial charge in [-0.15, -0.1) is 0 Å². The zero-order valence-electron chi connectivity index (χ0n) is 8.69. The Kier molecular flexibility index (Phi) is 3.34. The Hall–Kier alpha value is -0.820. The lowest BCUT2D eigenvalue weighted by atomic mass is 10.1. The summed E-state index contributed by atoms with van der Waals surface area (Å²) in [5.41, 5.74) is 7.25. The average molecular weight is 332 g/mol. The summed E-state index contributed by atoms with van der Waals surface area (Å²) in [6.45, 7) is 0.604. The summed E-state index contributed by atoms with van der Waals surface area (Å²) in [6, 6.07) is 5.62. The van der Waals surface area contributed by atoms with Crippen LogP contribution in [0, 0.1) is 9.49 Å². The van der Waals surface area contributed by atoms with Crippen LogP contribution in [0.15, 0.2) is 18.2 Å². The molecule has 16 heavy (non-hydrogen) atoms. The van der Waals surface area contributed by atoms with Gasteiger partial charge in [-0.25, -0.2) is 0 Å². The highest BCUT2D eigenvalue weighted by Gasteiger charge is 2.30. The van der Waals surface area contributed by atoms with Crippen LogP contribution in [-0.2, 0) is 4.79 Å². The molecule has 1 aliphatic rings. The number of halogens is 1. The van der Waals surface area contributed by atoms with Gasteiger partial charge in [0.1, 0.15) is 0 Å². The Morgan fingerprint density at radius 3 is 2.88 bits per heavy atom. The SMILES string of the molecule is Nc1cc(I)ccc1N1CC(CO)CC1=O. The first-order valence-corrected chi connectivity index (χ1v) is 6.16. The quantitative estimate of drug-likeness (QED) is 0.632. The molecule has 1 fully saturated rings. The molecule has 1 aromatic carbocycles. The Morgan fingerprint density at radius 2 is 2.31 bits per heavy atom. The predicted molar refractivity (Wildman–Crippen MR) is 71.1 cm³/mol. The lowest BCUT2D eigenvalue weighted by Crippen LogP contribution is -2.25. The molecule has 1 aliphatic heterocycles. The molecule has 5 heteroatoms. The summed E-state index contributed by atoms with van der Waals surface area (Å²) in [7, 11) is 0. The van der Waals surface area contributed by atoms with Crippen LogP contribution in [0.1, 0.15) is 6.42 Å². The van der Waals surface area contributed by atoms with Crippen LogP contribution in [-0.4, -0.2) is 24.2 Å². The summed E-state index contributed by atoms with van der Waals surface area (Å²) in [4.78, 5) is 13.4. The summed E-state index contributed by atoms with van der Waals surface area (Å²) in [5, 5.41) is 9.05. The van der Waals surface area contributed by atoms with Crippen molar-refractivity contribution >= 4 is 39.9 Å². The second-order valence-electron chi connectivity index (χ2n) is 3.96. The van der Waals surface area contributed by atoms with Crippen LogP contribution >= 0.6 is 22.6 Å². The van der Waals surface area contributed by atoms with Crippen molar-refractivity contribution in [3.05, 3.63) is 21.8 Å². The van der Waals surface area contributed by atoms with Crippen molar-refractivity contribution < 1.29 is 9.90 Å². The zero-order chi connectivity index (χ0) is 11.7. The molecule has 0 aliphatic carbocycles. The van der Waals surface area contributed by atoms with Crippen molar-refractivity contribution in [2.45, 2.75) is 6.42 Å². The van der Waals surface area contributed by atoms with Crippen LogP contribution < -0.4 is 10.6 Å². The minimum absolute atomic E-state index is 0.0335. The molecule has 1 aromatic rings. The summed E-state index contributed by atoms with van der Waals surface area (Å²) < 4.78 is 1.05. The maximum atomic E-state index is 11.7. The number of nitrogens with two attached hydrogens (primary N) is 1. The van der Waals surface area contributed by atoms with Gasteiger partial charge in [-0.3, -0.25) is 4.79 Å². The first-order valence-electron chi connectivity index (χ1n) is 5.08. The molecule has 1 saturated heterocycles. The van der Waals surface area contributed by atoms with E-state index in [9.17, 15) is 4.79 Å². The van der Waals surface area contributed by atoms with Crippen molar-refractivity contribution in [2.75, 3.05) is 23.8 Å². The van der Waals surface area contributed by atoms with Crippen LogP contribution in [0.3, 0.4) is 0 Å². The lowest BCUT2D eigenvalue weighted by molar-refractivity contribution is -0.117. The normalized spacial score (nSPS) is 20.5. The number of rotatable bonds is 2. The first-order chi connectivity index (χ1) is 7.61. The molecule has 3 N–H and O–H groups in total. The molecule has 1 atom stereocenters. The second kappa shape index (κ2) is 4.58. The van der Waals surface area contributed by atoms with E-state index in [2.05, 4.69) is 22.6 Å². The van der Waals surface area contributed by atoms with E-state index in [0.29, 0.717) is 18.7 Å². The summed E-state index contributed by atoms with van der Waals surface area (Å²) in [5.74, 6) is 0.0677. The third kappa shape index (κ3) is 2.15. The lowest BCUT2D eigenvalue weighted by Gasteiger charge is -2.18. The molecule has 2 rings (SSSR count). The van der Waals surface area contributed by atoms with Crippen molar-refractivity contribution in [3.63, 3.8) is 0 Å².